The van der Waals surface area contributed by atoms with Gasteiger partial charge in [0.2, 0.25) is 11.4 Å². The molecule has 1 saturated heterocycles. The minimum atomic E-state index is -1.09. The lowest BCUT2D eigenvalue weighted by Crippen LogP contribution is -2.55. The molecule has 2 atom stereocenters. The van der Waals surface area contributed by atoms with E-state index in [1.54, 1.807) is 0 Å². The van der Waals surface area contributed by atoms with Crippen LogP contribution in [0.4, 0.5) is 5.69 Å². The van der Waals surface area contributed by atoms with E-state index in [1.807, 2.05) is 24.0 Å². The van der Waals surface area contributed by atoms with E-state index in [0.29, 0.717) is 25.9 Å². The number of fused-ring (bicyclic) bond motifs is 1. The van der Waals surface area contributed by atoms with Crippen molar-refractivity contribution < 1.29 is 19.7 Å². The molecule has 0 spiro atoms. The number of aryl methyl sites for hydroxylation is 1. The first-order chi connectivity index (χ1) is 12.5. The van der Waals surface area contributed by atoms with Gasteiger partial charge in [-0.25, -0.2) is 4.98 Å². The molecule has 4 rings (SSSR count). The summed E-state index contributed by atoms with van der Waals surface area (Å²) in [5.74, 6) is -2.10. The summed E-state index contributed by atoms with van der Waals surface area (Å²) in [6.45, 7) is 4.80. The molecule has 0 radical (unpaired) electrons. The Hall–Kier alpha value is -2.63. The number of hydrogen-bond acceptors (Lipinski definition) is 4. The highest BCUT2D eigenvalue weighted by Gasteiger charge is 2.40. The SMILES string of the molecule is Cc1cc(N2CCN(C(=O)[C@@H]3CC[C@@H]3C(=O)[O-])CC2)c2ccccc2[nH+]1. The number of anilines is 1. The van der Waals surface area contributed by atoms with Gasteiger partial charge in [0.15, 0.2) is 5.69 Å². The molecule has 0 bridgehead atoms. The van der Waals surface area contributed by atoms with Crippen molar-refractivity contribution in [2.45, 2.75) is 19.8 Å². The molecule has 1 aromatic carbocycles. The van der Waals surface area contributed by atoms with Crippen LogP contribution in [-0.2, 0) is 9.59 Å². The molecule has 6 nitrogen and oxygen atoms in total. The lowest BCUT2D eigenvalue weighted by molar-refractivity contribution is -0.354. The van der Waals surface area contributed by atoms with Crippen molar-refractivity contribution in [2.75, 3.05) is 31.1 Å². The second kappa shape index (κ2) is 6.59. The van der Waals surface area contributed by atoms with Gasteiger partial charge in [-0.1, -0.05) is 12.1 Å². The summed E-state index contributed by atoms with van der Waals surface area (Å²) in [4.78, 5) is 31.2. The fourth-order valence-corrected chi connectivity index (χ4v) is 4.09. The standard InChI is InChI=1S/C20H23N3O3/c1-13-12-18(16-4-2-3-5-17(16)21-13)22-8-10-23(11-9-22)19(24)14-6-7-15(14)20(25)26/h2-5,12,14-15H,6-11H2,1H3,(H,25,26)/t14-,15+/m1/s1. The van der Waals surface area contributed by atoms with Crippen molar-refractivity contribution in [1.29, 1.82) is 0 Å². The third kappa shape index (κ3) is 2.89. The number of piperazine rings is 1. The average Bonchev–Trinajstić information content (AvgIpc) is 2.59. The Balaban J connectivity index is 1.48. The second-order valence-corrected chi connectivity index (χ2v) is 7.30. The van der Waals surface area contributed by atoms with Crippen LogP contribution in [0.2, 0.25) is 0 Å². The molecule has 2 aromatic rings. The van der Waals surface area contributed by atoms with Crippen LogP contribution < -0.4 is 15.0 Å². The Kier molecular flexibility index (Phi) is 4.26. The van der Waals surface area contributed by atoms with E-state index in [-0.39, 0.29) is 11.8 Å². The minimum absolute atomic E-state index is 0.0208. The van der Waals surface area contributed by atoms with Gasteiger partial charge in [0.1, 0.15) is 0 Å². The third-order valence-electron chi connectivity index (χ3n) is 5.71. The number of H-pyrrole nitrogens is 1. The lowest BCUT2D eigenvalue weighted by atomic mass is 9.73. The molecule has 2 fully saturated rings. The van der Waals surface area contributed by atoms with Gasteiger partial charge in [-0.3, -0.25) is 4.79 Å². The number of carboxylic acids is 1. The zero-order valence-corrected chi connectivity index (χ0v) is 14.9. The van der Waals surface area contributed by atoms with Gasteiger partial charge in [0, 0.05) is 63.0 Å². The van der Waals surface area contributed by atoms with E-state index in [0.717, 1.165) is 24.3 Å². The normalized spacial score (nSPS) is 23.0. The Morgan fingerprint density at radius 3 is 2.42 bits per heavy atom. The van der Waals surface area contributed by atoms with E-state index in [9.17, 15) is 14.7 Å². The highest BCUT2D eigenvalue weighted by molar-refractivity contribution is 5.90. The molecule has 1 aromatic heterocycles. The number of carbonyl (C=O) groups is 2. The van der Waals surface area contributed by atoms with Crippen LogP contribution in [-0.4, -0.2) is 43.0 Å². The minimum Gasteiger partial charge on any atom is -0.550 e. The molecule has 2 aliphatic rings. The molecule has 136 valence electrons. The smallest absolute Gasteiger partial charge is 0.226 e. The van der Waals surface area contributed by atoms with Gasteiger partial charge in [-0.2, -0.15) is 0 Å². The average molecular weight is 353 g/mol. The summed E-state index contributed by atoms with van der Waals surface area (Å²) in [6, 6.07) is 10.4. The number of amides is 1. The molecule has 1 amide bonds. The molecule has 26 heavy (non-hydrogen) atoms. The first kappa shape index (κ1) is 16.8. The highest BCUT2D eigenvalue weighted by atomic mass is 16.4. The number of para-hydroxylation sites is 1. The Morgan fingerprint density at radius 1 is 1.08 bits per heavy atom. The number of aromatic nitrogens is 1. The van der Waals surface area contributed by atoms with Gasteiger partial charge >= 0.3 is 0 Å². The first-order valence-corrected chi connectivity index (χ1v) is 9.21. The zero-order valence-electron chi connectivity index (χ0n) is 14.9. The number of nitrogens with zero attached hydrogens (tertiary/aromatic N) is 2. The molecule has 2 heterocycles. The third-order valence-corrected chi connectivity index (χ3v) is 5.71. The molecule has 6 heteroatoms. The van der Waals surface area contributed by atoms with Crippen LogP contribution in [0.25, 0.3) is 10.9 Å². The lowest BCUT2D eigenvalue weighted by Gasteiger charge is -2.42. The number of rotatable bonds is 3. The van der Waals surface area contributed by atoms with Crippen LogP contribution in [0.3, 0.4) is 0 Å². The number of benzene rings is 1. The number of aliphatic carboxylic acids is 1. The Morgan fingerprint density at radius 2 is 1.77 bits per heavy atom. The van der Waals surface area contributed by atoms with Crippen molar-refractivity contribution in [3.8, 4) is 0 Å². The van der Waals surface area contributed by atoms with Crippen LogP contribution in [0.1, 0.15) is 18.5 Å². The van der Waals surface area contributed by atoms with Gasteiger partial charge in [-0.05, 0) is 18.9 Å². The van der Waals surface area contributed by atoms with Gasteiger partial charge in [0.05, 0.1) is 11.1 Å². The van der Waals surface area contributed by atoms with Crippen LogP contribution in [0, 0.1) is 18.8 Å². The van der Waals surface area contributed by atoms with E-state index in [2.05, 4.69) is 28.1 Å². The quantitative estimate of drug-likeness (QED) is 0.800. The maximum atomic E-state index is 12.6. The van der Waals surface area contributed by atoms with Crippen molar-refractivity contribution in [3.05, 3.63) is 36.0 Å². The molecule has 1 aliphatic carbocycles. The number of nitrogens with one attached hydrogen (secondary N) is 1. The number of carbonyl (C=O) groups excluding carboxylic acids is 2. The van der Waals surface area contributed by atoms with Crippen LogP contribution in [0.5, 0.6) is 0 Å². The summed E-state index contributed by atoms with van der Waals surface area (Å²) in [6.07, 6.45) is 1.22. The summed E-state index contributed by atoms with van der Waals surface area (Å²) < 4.78 is 0. The fraction of sp³-hybridized carbons (Fsp3) is 0.450. The van der Waals surface area contributed by atoms with E-state index in [4.69, 9.17) is 0 Å². The molecule has 1 saturated carbocycles. The first-order valence-electron chi connectivity index (χ1n) is 9.21. The predicted octanol–water partition coefficient (Wildman–Crippen LogP) is 0.387. The van der Waals surface area contributed by atoms with Crippen LogP contribution >= 0.6 is 0 Å². The van der Waals surface area contributed by atoms with E-state index in [1.165, 1.54) is 11.1 Å². The van der Waals surface area contributed by atoms with Crippen LogP contribution in [0.15, 0.2) is 30.3 Å². The van der Waals surface area contributed by atoms with E-state index >= 15 is 0 Å². The second-order valence-electron chi connectivity index (χ2n) is 7.30. The number of hydrogen-bond donors (Lipinski definition) is 0. The Bertz CT molecular complexity index is 859. The maximum absolute atomic E-state index is 12.6. The summed E-state index contributed by atoms with van der Waals surface area (Å²) in [5.41, 5.74) is 3.39. The van der Waals surface area contributed by atoms with Crippen molar-refractivity contribution >= 4 is 28.5 Å². The zero-order chi connectivity index (χ0) is 18.3. The van der Waals surface area contributed by atoms with Gasteiger partial charge in [0.25, 0.3) is 0 Å². The van der Waals surface area contributed by atoms with Crippen molar-refractivity contribution in [2.24, 2.45) is 11.8 Å². The largest absolute Gasteiger partial charge is 0.550 e. The molecular weight excluding hydrogens is 330 g/mol. The predicted molar refractivity (Wildman–Crippen MR) is 95.3 cm³/mol. The Labute approximate surface area is 152 Å². The fourth-order valence-electron chi connectivity index (χ4n) is 4.09. The number of carboxylic acid groups (broad SMARTS) is 1. The maximum Gasteiger partial charge on any atom is 0.226 e. The van der Waals surface area contributed by atoms with Gasteiger partial charge in [-0.15, -0.1) is 0 Å². The monoisotopic (exact) mass is 353 g/mol. The number of aromatic amines is 1. The van der Waals surface area contributed by atoms with E-state index < -0.39 is 11.9 Å². The van der Waals surface area contributed by atoms with Crippen molar-refractivity contribution in [1.82, 2.24) is 4.90 Å². The molecule has 0 unspecified atom stereocenters. The van der Waals surface area contributed by atoms with Gasteiger partial charge < -0.3 is 19.7 Å². The number of pyridine rings is 1. The summed E-state index contributed by atoms with van der Waals surface area (Å²) in [5, 5.41) is 12.3. The molecular formula is C20H23N3O3. The molecule has 1 N–H and O–H groups in total. The summed E-state index contributed by atoms with van der Waals surface area (Å²) >= 11 is 0. The highest BCUT2D eigenvalue weighted by Crippen LogP contribution is 2.35. The van der Waals surface area contributed by atoms with Crippen molar-refractivity contribution in [3.63, 3.8) is 0 Å². The summed E-state index contributed by atoms with van der Waals surface area (Å²) in [7, 11) is 0. The topological polar surface area (TPSA) is 77.8 Å². The molecule has 1 aliphatic heterocycles.